The number of benzene rings is 2. The number of hydrogen-bond acceptors (Lipinski definition) is 4. The molecule has 0 radical (unpaired) electrons. The number of rotatable bonds is 3. The van der Waals surface area contributed by atoms with Gasteiger partial charge in [-0.25, -0.2) is 9.99 Å². The maximum absolute atomic E-state index is 6.19. The van der Waals surface area contributed by atoms with Gasteiger partial charge in [-0.2, -0.15) is 0 Å². The average molecular weight is 431 g/mol. The van der Waals surface area contributed by atoms with Gasteiger partial charge >= 0.3 is 0 Å². The van der Waals surface area contributed by atoms with Gasteiger partial charge in [-0.15, -0.1) is 0 Å². The highest BCUT2D eigenvalue weighted by atomic mass is 35.5. The van der Waals surface area contributed by atoms with Crippen molar-refractivity contribution in [2.75, 3.05) is 6.54 Å². The van der Waals surface area contributed by atoms with E-state index in [-0.39, 0.29) is 6.04 Å². The van der Waals surface area contributed by atoms with Crippen LogP contribution in [0.3, 0.4) is 0 Å². The molecule has 1 N–H and O–H groups in total. The van der Waals surface area contributed by atoms with E-state index in [1.165, 1.54) is 10.5 Å². The zero-order chi connectivity index (χ0) is 19.3. The minimum Gasteiger partial charge on any atom is -0.341 e. The molecule has 2 aliphatic heterocycles. The summed E-state index contributed by atoms with van der Waals surface area (Å²) in [6.45, 7) is 3.26. The third-order valence-electron chi connectivity index (χ3n) is 5.33. The summed E-state index contributed by atoms with van der Waals surface area (Å²) in [5, 5.41) is 6.62. The first-order valence-corrected chi connectivity index (χ1v) is 11.1. The van der Waals surface area contributed by atoms with Crippen LogP contribution in [-0.4, -0.2) is 31.9 Å². The molecule has 2 aromatic carbocycles. The first-order chi connectivity index (χ1) is 13.6. The van der Waals surface area contributed by atoms with Gasteiger partial charge < -0.3 is 4.98 Å². The Morgan fingerprint density at radius 2 is 2.00 bits per heavy atom. The lowest BCUT2D eigenvalue weighted by Gasteiger charge is -2.35. The molecule has 7 heteroatoms. The Morgan fingerprint density at radius 1 is 1.14 bits per heavy atom. The number of thioether (sulfide) groups is 1. The fraction of sp³-hybridized carbons (Fsp3) is 0.286. The Morgan fingerprint density at radius 3 is 2.86 bits per heavy atom. The van der Waals surface area contributed by atoms with Crippen molar-refractivity contribution in [3.05, 3.63) is 70.1 Å². The molecule has 0 saturated carbocycles. The van der Waals surface area contributed by atoms with Crippen molar-refractivity contribution in [2.45, 2.75) is 31.2 Å². The fourth-order valence-electron chi connectivity index (χ4n) is 4.03. The second-order valence-corrected chi connectivity index (χ2v) is 9.44. The van der Waals surface area contributed by atoms with Gasteiger partial charge in [-0.3, -0.25) is 5.01 Å². The molecule has 1 fully saturated rings. The van der Waals surface area contributed by atoms with Crippen LogP contribution in [0.25, 0.3) is 15.9 Å². The Labute approximate surface area is 178 Å². The Balaban J connectivity index is 1.45. The number of aromatic amines is 1. The molecule has 3 heterocycles. The van der Waals surface area contributed by atoms with Crippen molar-refractivity contribution < 1.29 is 0 Å². The Hall–Kier alpha value is -1.66. The number of hydrogen-bond donors (Lipinski definition) is 1. The van der Waals surface area contributed by atoms with Crippen molar-refractivity contribution in [1.29, 1.82) is 0 Å². The molecule has 2 atom stereocenters. The zero-order valence-electron chi connectivity index (χ0n) is 15.4. The molecule has 3 aromatic rings. The lowest BCUT2D eigenvalue weighted by Crippen LogP contribution is -2.41. The maximum atomic E-state index is 6.19. The van der Waals surface area contributed by atoms with E-state index in [0.717, 1.165) is 46.3 Å². The van der Waals surface area contributed by atoms with Gasteiger partial charge in [0.15, 0.2) is 0 Å². The van der Waals surface area contributed by atoms with Crippen LogP contribution in [0.1, 0.15) is 37.2 Å². The largest absolute Gasteiger partial charge is 0.341 e. The second kappa shape index (κ2) is 7.30. The number of halogens is 2. The van der Waals surface area contributed by atoms with E-state index < -0.39 is 0 Å². The van der Waals surface area contributed by atoms with Crippen LogP contribution >= 0.6 is 35.0 Å². The van der Waals surface area contributed by atoms with Gasteiger partial charge in [0.25, 0.3) is 0 Å². The smallest absolute Gasteiger partial charge is 0.126 e. The molecule has 0 aliphatic carbocycles. The van der Waals surface area contributed by atoms with E-state index in [4.69, 9.17) is 28.2 Å². The van der Waals surface area contributed by atoms with Gasteiger partial charge in [-0.1, -0.05) is 47.1 Å². The van der Waals surface area contributed by atoms with Crippen molar-refractivity contribution in [2.24, 2.45) is 0 Å². The van der Waals surface area contributed by atoms with E-state index in [1.807, 2.05) is 48.2 Å². The van der Waals surface area contributed by atoms with Crippen LogP contribution < -0.4 is 0 Å². The molecule has 5 rings (SSSR count). The molecule has 1 aromatic heterocycles. The minimum absolute atomic E-state index is 0.240. The summed E-state index contributed by atoms with van der Waals surface area (Å²) in [6.07, 6.45) is 4.48. The summed E-state index contributed by atoms with van der Waals surface area (Å²) in [6, 6.07) is 14.1. The highest BCUT2D eigenvalue weighted by molar-refractivity contribution is 8.09. The summed E-state index contributed by atoms with van der Waals surface area (Å²) in [5.74, 6) is 1.01. The fourth-order valence-corrected chi connectivity index (χ4v) is 5.48. The number of aromatic nitrogens is 2. The van der Waals surface area contributed by atoms with Gasteiger partial charge in [0.05, 0.1) is 22.4 Å². The van der Waals surface area contributed by atoms with Crippen LogP contribution in [0.15, 0.2) is 48.7 Å². The summed E-state index contributed by atoms with van der Waals surface area (Å²) in [7, 11) is 0. The van der Waals surface area contributed by atoms with Crippen LogP contribution in [0, 0.1) is 0 Å². The van der Waals surface area contributed by atoms with Crippen LogP contribution in [0.4, 0.5) is 0 Å². The highest BCUT2D eigenvalue weighted by Crippen LogP contribution is 2.44. The number of imidazole rings is 1. The third kappa shape index (κ3) is 3.30. The standard InChI is InChI=1S/C21H20Cl2N4S/c1-13-27(12-20(28-13)14-4-2-5-15(22)10-14)26-9-3-6-19(26)21-24-17-8-7-16(23)11-18(17)25-21/h2,4-5,7-8,10-13,19H,3,6,9H2,1H3,(H,24,25). The summed E-state index contributed by atoms with van der Waals surface area (Å²) in [4.78, 5) is 9.58. The van der Waals surface area contributed by atoms with Crippen LogP contribution in [0.5, 0.6) is 0 Å². The number of nitrogens with zero attached hydrogens (tertiary/aromatic N) is 3. The maximum Gasteiger partial charge on any atom is 0.126 e. The lowest BCUT2D eigenvalue weighted by molar-refractivity contribution is 0.00255. The second-order valence-electron chi connectivity index (χ2n) is 7.21. The lowest BCUT2D eigenvalue weighted by atomic mass is 10.2. The minimum atomic E-state index is 0.240. The molecule has 2 unspecified atom stereocenters. The molecule has 144 valence electrons. The average Bonchev–Trinajstić information content (AvgIpc) is 3.38. The monoisotopic (exact) mass is 430 g/mol. The molecular weight excluding hydrogens is 411 g/mol. The van der Waals surface area contributed by atoms with Crippen LogP contribution in [-0.2, 0) is 0 Å². The first kappa shape index (κ1) is 18.4. The molecule has 0 bridgehead atoms. The summed E-state index contributed by atoms with van der Waals surface area (Å²) < 4.78 is 0. The number of nitrogens with one attached hydrogen (secondary N) is 1. The normalized spacial score (nSPS) is 23.0. The van der Waals surface area contributed by atoms with Crippen molar-refractivity contribution in [1.82, 2.24) is 20.0 Å². The molecule has 28 heavy (non-hydrogen) atoms. The van der Waals surface area contributed by atoms with Gasteiger partial charge in [0, 0.05) is 27.7 Å². The molecule has 4 nitrogen and oxygen atoms in total. The van der Waals surface area contributed by atoms with Crippen molar-refractivity contribution in [3.63, 3.8) is 0 Å². The zero-order valence-corrected chi connectivity index (χ0v) is 17.7. The predicted octanol–water partition coefficient (Wildman–Crippen LogP) is 6.32. The van der Waals surface area contributed by atoms with Gasteiger partial charge in [0.1, 0.15) is 5.82 Å². The number of fused-ring (bicyclic) bond motifs is 1. The van der Waals surface area contributed by atoms with Gasteiger partial charge in [0.2, 0.25) is 0 Å². The number of hydrazine groups is 1. The van der Waals surface area contributed by atoms with E-state index in [2.05, 4.69) is 34.2 Å². The number of H-pyrrole nitrogens is 1. The highest BCUT2D eigenvalue weighted by Gasteiger charge is 2.36. The summed E-state index contributed by atoms with van der Waals surface area (Å²) >= 11 is 14.2. The SMILES string of the molecule is CC1SC(c2cccc(Cl)c2)=CN1N1CCCC1c1nc2ccc(Cl)cc2[nH]1. The van der Waals surface area contributed by atoms with E-state index in [9.17, 15) is 0 Å². The molecule has 1 saturated heterocycles. The molecule has 0 amide bonds. The van der Waals surface area contributed by atoms with Crippen molar-refractivity contribution in [3.8, 4) is 0 Å². The van der Waals surface area contributed by atoms with Crippen molar-refractivity contribution >= 4 is 50.9 Å². The molecule has 2 aliphatic rings. The third-order valence-corrected chi connectivity index (χ3v) is 6.95. The summed E-state index contributed by atoms with van der Waals surface area (Å²) in [5.41, 5.74) is 3.12. The van der Waals surface area contributed by atoms with Gasteiger partial charge in [-0.05, 0) is 55.7 Å². The van der Waals surface area contributed by atoms with E-state index >= 15 is 0 Å². The van der Waals surface area contributed by atoms with Crippen LogP contribution in [0.2, 0.25) is 10.0 Å². The predicted molar refractivity (Wildman–Crippen MR) is 118 cm³/mol. The Kier molecular flexibility index (Phi) is 4.79. The topological polar surface area (TPSA) is 35.2 Å². The Bertz CT molecular complexity index is 1060. The first-order valence-electron chi connectivity index (χ1n) is 9.43. The molecule has 0 spiro atoms. The van der Waals surface area contributed by atoms with E-state index in [0.29, 0.717) is 5.37 Å². The van der Waals surface area contributed by atoms with E-state index in [1.54, 1.807) is 0 Å². The molecular formula is C21H20Cl2N4S. The quantitative estimate of drug-likeness (QED) is 0.527.